The normalized spacial score (nSPS) is 16.0. The Morgan fingerprint density at radius 1 is 1.14 bits per heavy atom. The molecule has 0 radical (unpaired) electrons. The number of hydrogen-bond acceptors (Lipinski definition) is 3. The third-order valence-electron chi connectivity index (χ3n) is 4.14. The van der Waals surface area contributed by atoms with Gasteiger partial charge < -0.3 is 4.74 Å². The van der Waals surface area contributed by atoms with Gasteiger partial charge in [-0.05, 0) is 37.8 Å². The van der Waals surface area contributed by atoms with E-state index in [1.54, 1.807) is 16.2 Å². The number of hydrogen-bond donors (Lipinski definition) is 0. The summed E-state index contributed by atoms with van der Waals surface area (Å²) < 4.78 is 5.80. The summed E-state index contributed by atoms with van der Waals surface area (Å²) in [7, 11) is 0. The lowest BCUT2D eigenvalue weighted by Crippen LogP contribution is -2.49. The monoisotopic (exact) mass is 313 g/mol. The van der Waals surface area contributed by atoms with E-state index in [4.69, 9.17) is 4.74 Å². The number of rotatable bonds is 3. The van der Waals surface area contributed by atoms with Gasteiger partial charge >= 0.3 is 0 Å². The van der Waals surface area contributed by atoms with E-state index in [-0.39, 0.29) is 12.6 Å². The standard InChI is InChI=1S/C18H19NO2S/c1-13-16(15-10-7-11-22-15)17(20)19(12-21-13)18(2,3)14-8-5-4-6-9-14/h4-11H,12H2,1-3H3. The van der Waals surface area contributed by atoms with Crippen LogP contribution in [0.1, 0.15) is 31.2 Å². The average molecular weight is 313 g/mol. The molecule has 0 fully saturated rings. The molecular weight excluding hydrogens is 294 g/mol. The number of benzene rings is 1. The zero-order valence-electron chi connectivity index (χ0n) is 13.0. The van der Waals surface area contributed by atoms with Crippen LogP contribution < -0.4 is 0 Å². The van der Waals surface area contributed by atoms with Crippen LogP contribution in [0.3, 0.4) is 0 Å². The minimum absolute atomic E-state index is 0.0278. The van der Waals surface area contributed by atoms with Crippen molar-refractivity contribution in [1.82, 2.24) is 4.90 Å². The molecule has 0 unspecified atom stereocenters. The van der Waals surface area contributed by atoms with Crippen molar-refractivity contribution < 1.29 is 9.53 Å². The molecule has 1 aromatic heterocycles. The maximum atomic E-state index is 13.0. The SMILES string of the molecule is CC1=C(c2cccs2)C(=O)N(C(C)(C)c2ccccc2)CO1. The summed E-state index contributed by atoms with van der Waals surface area (Å²) in [5.41, 5.74) is 1.34. The van der Waals surface area contributed by atoms with Gasteiger partial charge in [0.25, 0.3) is 5.91 Å². The van der Waals surface area contributed by atoms with Crippen LogP contribution in [0.4, 0.5) is 0 Å². The van der Waals surface area contributed by atoms with Crippen LogP contribution in [-0.4, -0.2) is 17.5 Å². The quantitative estimate of drug-likeness (QED) is 0.848. The van der Waals surface area contributed by atoms with Crippen LogP contribution in [0, 0.1) is 0 Å². The van der Waals surface area contributed by atoms with Gasteiger partial charge in [-0.15, -0.1) is 11.3 Å². The molecule has 2 aromatic rings. The Labute approximate surface area is 134 Å². The van der Waals surface area contributed by atoms with Crippen molar-refractivity contribution in [2.75, 3.05) is 6.73 Å². The second kappa shape index (κ2) is 5.61. The number of carbonyl (C=O) groups is 1. The predicted molar refractivity (Wildman–Crippen MR) is 89.2 cm³/mol. The molecule has 2 heterocycles. The number of allylic oxidation sites excluding steroid dienone is 1. The van der Waals surface area contributed by atoms with Gasteiger partial charge in [-0.1, -0.05) is 36.4 Å². The van der Waals surface area contributed by atoms with Gasteiger partial charge in [0.05, 0.1) is 11.1 Å². The van der Waals surface area contributed by atoms with Crippen molar-refractivity contribution >= 4 is 22.8 Å². The number of thiophene rings is 1. The Hall–Kier alpha value is -2.07. The van der Waals surface area contributed by atoms with Crippen LogP contribution >= 0.6 is 11.3 Å². The molecule has 0 saturated heterocycles. The Balaban J connectivity index is 1.99. The molecule has 1 amide bonds. The van der Waals surface area contributed by atoms with Crippen molar-refractivity contribution in [3.8, 4) is 0 Å². The highest BCUT2D eigenvalue weighted by atomic mass is 32.1. The van der Waals surface area contributed by atoms with Crippen LogP contribution in [-0.2, 0) is 15.1 Å². The molecule has 0 N–H and O–H groups in total. The number of amides is 1. The lowest BCUT2D eigenvalue weighted by molar-refractivity contribution is -0.139. The number of carbonyl (C=O) groups excluding carboxylic acids is 1. The third kappa shape index (κ3) is 2.44. The summed E-state index contributed by atoms with van der Waals surface area (Å²) >= 11 is 1.56. The molecule has 114 valence electrons. The molecule has 3 nitrogen and oxygen atoms in total. The maximum Gasteiger partial charge on any atom is 0.262 e. The highest BCUT2D eigenvalue weighted by Crippen LogP contribution is 2.36. The minimum atomic E-state index is -0.429. The van der Waals surface area contributed by atoms with E-state index in [9.17, 15) is 4.79 Å². The molecule has 22 heavy (non-hydrogen) atoms. The first kappa shape index (κ1) is 14.9. The zero-order valence-corrected chi connectivity index (χ0v) is 13.8. The van der Waals surface area contributed by atoms with Crippen molar-refractivity contribution in [3.05, 3.63) is 64.0 Å². The largest absolute Gasteiger partial charge is 0.477 e. The summed E-state index contributed by atoms with van der Waals surface area (Å²) in [6, 6.07) is 14.0. The van der Waals surface area contributed by atoms with Crippen molar-refractivity contribution in [2.24, 2.45) is 0 Å². The highest BCUT2D eigenvalue weighted by Gasteiger charge is 2.38. The zero-order chi connectivity index (χ0) is 15.7. The molecule has 0 saturated carbocycles. The van der Waals surface area contributed by atoms with Crippen molar-refractivity contribution in [2.45, 2.75) is 26.3 Å². The van der Waals surface area contributed by atoms with Gasteiger partial charge in [0, 0.05) is 4.88 Å². The molecule has 4 heteroatoms. The van der Waals surface area contributed by atoms with E-state index < -0.39 is 5.54 Å². The van der Waals surface area contributed by atoms with Gasteiger partial charge in [-0.25, -0.2) is 0 Å². The fourth-order valence-corrected chi connectivity index (χ4v) is 3.50. The summed E-state index contributed by atoms with van der Waals surface area (Å²) in [5.74, 6) is 0.729. The van der Waals surface area contributed by atoms with Gasteiger partial charge in [0.15, 0.2) is 6.73 Å². The fourth-order valence-electron chi connectivity index (χ4n) is 2.69. The highest BCUT2D eigenvalue weighted by molar-refractivity contribution is 7.11. The first-order valence-corrected chi connectivity index (χ1v) is 8.15. The van der Waals surface area contributed by atoms with Crippen LogP contribution in [0.25, 0.3) is 5.57 Å². The van der Waals surface area contributed by atoms with E-state index in [1.807, 2.05) is 54.8 Å². The second-order valence-electron chi connectivity index (χ2n) is 5.84. The summed E-state index contributed by atoms with van der Waals surface area (Å²) in [6.07, 6.45) is 0. The van der Waals surface area contributed by atoms with Gasteiger partial charge in [0.1, 0.15) is 5.76 Å². The van der Waals surface area contributed by atoms with Crippen molar-refractivity contribution in [3.63, 3.8) is 0 Å². The lowest BCUT2D eigenvalue weighted by atomic mass is 9.91. The van der Waals surface area contributed by atoms with E-state index in [0.717, 1.165) is 10.4 Å². The molecule has 1 aliphatic rings. The van der Waals surface area contributed by atoms with Crippen LogP contribution in [0.5, 0.6) is 0 Å². The molecule has 0 bridgehead atoms. The molecule has 0 atom stereocenters. The first-order chi connectivity index (χ1) is 10.5. The van der Waals surface area contributed by atoms with Gasteiger partial charge in [-0.3, -0.25) is 9.69 Å². The fraction of sp³-hybridized carbons (Fsp3) is 0.278. The van der Waals surface area contributed by atoms with E-state index in [1.165, 1.54) is 0 Å². The molecule has 0 spiro atoms. The number of nitrogens with zero attached hydrogens (tertiary/aromatic N) is 1. The van der Waals surface area contributed by atoms with Gasteiger partial charge in [-0.2, -0.15) is 0 Å². The first-order valence-electron chi connectivity index (χ1n) is 7.27. The van der Waals surface area contributed by atoms with E-state index in [2.05, 4.69) is 13.8 Å². The second-order valence-corrected chi connectivity index (χ2v) is 6.79. The van der Waals surface area contributed by atoms with Crippen LogP contribution in [0.2, 0.25) is 0 Å². The Morgan fingerprint density at radius 2 is 1.86 bits per heavy atom. The topological polar surface area (TPSA) is 29.5 Å². The van der Waals surface area contributed by atoms with Gasteiger partial charge in [0.2, 0.25) is 0 Å². The Kier molecular flexibility index (Phi) is 3.79. The lowest BCUT2D eigenvalue weighted by Gasteiger charge is -2.41. The Morgan fingerprint density at radius 3 is 2.50 bits per heavy atom. The third-order valence-corrected chi connectivity index (χ3v) is 5.03. The number of ether oxygens (including phenoxy) is 1. The van der Waals surface area contributed by atoms with E-state index >= 15 is 0 Å². The predicted octanol–water partition coefficient (Wildman–Crippen LogP) is 4.23. The Bertz CT molecular complexity index is 702. The summed E-state index contributed by atoms with van der Waals surface area (Å²) in [5, 5.41) is 1.98. The van der Waals surface area contributed by atoms with Crippen LogP contribution in [0.15, 0.2) is 53.6 Å². The average Bonchev–Trinajstić information content (AvgIpc) is 3.02. The van der Waals surface area contributed by atoms with Crippen molar-refractivity contribution in [1.29, 1.82) is 0 Å². The molecule has 1 aliphatic heterocycles. The maximum absolute atomic E-state index is 13.0. The summed E-state index contributed by atoms with van der Waals surface area (Å²) in [4.78, 5) is 15.8. The minimum Gasteiger partial charge on any atom is -0.477 e. The molecule has 3 rings (SSSR count). The smallest absolute Gasteiger partial charge is 0.262 e. The molecule has 0 aliphatic carbocycles. The molecule has 1 aromatic carbocycles. The van der Waals surface area contributed by atoms with E-state index in [0.29, 0.717) is 11.3 Å². The molecular formula is C18H19NO2S. The summed E-state index contributed by atoms with van der Waals surface area (Å²) in [6.45, 7) is 6.24.